The Bertz CT molecular complexity index is 541. The van der Waals surface area contributed by atoms with E-state index in [1.54, 1.807) is 41.9 Å². The molecule has 0 amide bonds. The van der Waals surface area contributed by atoms with Crippen LogP contribution in [0.25, 0.3) is 0 Å². The van der Waals surface area contributed by atoms with Crippen LogP contribution < -0.4 is 4.74 Å². The minimum atomic E-state index is -1.01. The summed E-state index contributed by atoms with van der Waals surface area (Å²) in [6.45, 7) is 10.8. The van der Waals surface area contributed by atoms with Crippen LogP contribution in [0.1, 0.15) is 63.9 Å². The van der Waals surface area contributed by atoms with Crippen LogP contribution in [0.2, 0.25) is 0 Å². The number of aliphatic hydroxyl groups is 2. The average Bonchev–Trinajstić information content (AvgIpc) is 2.56. The summed E-state index contributed by atoms with van der Waals surface area (Å²) in [6.07, 6.45) is 1.57. The van der Waals surface area contributed by atoms with Gasteiger partial charge in [-0.3, -0.25) is 4.79 Å². The molecular weight excluding hydrogens is 332 g/mol. The fraction of sp³-hybridized carbons (Fsp3) is 0.667. The van der Waals surface area contributed by atoms with Gasteiger partial charge in [0.25, 0.3) is 0 Å². The Balaban J connectivity index is 0.000000660. The topological polar surface area (TPSA) is 76.0 Å². The second-order valence-corrected chi connectivity index (χ2v) is 7.38. The molecule has 1 unspecified atom stereocenters. The van der Waals surface area contributed by atoms with Gasteiger partial charge in [0.2, 0.25) is 0 Å². The van der Waals surface area contributed by atoms with E-state index < -0.39 is 11.2 Å². The third kappa shape index (κ3) is 7.06. The van der Waals surface area contributed by atoms with Crippen molar-refractivity contribution in [2.24, 2.45) is 5.92 Å². The molecule has 2 N–H and O–H groups in total. The van der Waals surface area contributed by atoms with Crippen molar-refractivity contribution >= 4 is 5.78 Å². The molecule has 0 radical (unpaired) electrons. The van der Waals surface area contributed by atoms with Crippen LogP contribution in [0.4, 0.5) is 0 Å². The molecule has 0 saturated heterocycles. The highest BCUT2D eigenvalue weighted by atomic mass is 16.5. The number of benzene rings is 1. The molecular formula is C21H36O5. The molecule has 1 aromatic carbocycles. The molecule has 1 atom stereocenters. The van der Waals surface area contributed by atoms with Crippen LogP contribution in [0, 0.1) is 5.92 Å². The number of Topliss-reactive ketones (excluding diaryl/α,β-unsaturated/α-hetero) is 1. The zero-order valence-corrected chi connectivity index (χ0v) is 17.5. The number of ketones is 1. The lowest BCUT2D eigenvalue weighted by Gasteiger charge is -2.31. The molecule has 150 valence electrons. The van der Waals surface area contributed by atoms with Gasteiger partial charge < -0.3 is 19.7 Å². The number of carbonyl (C=O) groups excluding carboxylic acids is 1. The maximum Gasteiger partial charge on any atom is 0.168 e. The normalized spacial score (nSPS) is 12.8. The SMILES string of the molecule is CC(C)(O)C(C)(C)O.CCc1c(OC)cccc1C(=O)C(CC)COC. The highest BCUT2D eigenvalue weighted by Gasteiger charge is 2.32. The van der Waals surface area contributed by atoms with Crippen molar-refractivity contribution in [3.05, 3.63) is 29.3 Å². The fourth-order valence-electron chi connectivity index (χ4n) is 2.15. The summed E-state index contributed by atoms with van der Waals surface area (Å²) < 4.78 is 10.4. The smallest absolute Gasteiger partial charge is 0.168 e. The largest absolute Gasteiger partial charge is 0.496 e. The van der Waals surface area contributed by atoms with E-state index in [0.29, 0.717) is 6.61 Å². The minimum Gasteiger partial charge on any atom is -0.496 e. The first kappa shape index (κ1) is 24.6. The Morgan fingerprint density at radius 1 is 1.08 bits per heavy atom. The number of carbonyl (C=O) groups is 1. The van der Waals surface area contributed by atoms with Crippen LogP contribution in [0.5, 0.6) is 5.75 Å². The number of rotatable bonds is 8. The maximum absolute atomic E-state index is 12.5. The highest BCUT2D eigenvalue weighted by Crippen LogP contribution is 2.25. The molecule has 0 aliphatic heterocycles. The van der Waals surface area contributed by atoms with Gasteiger partial charge in [0.05, 0.1) is 24.9 Å². The molecule has 26 heavy (non-hydrogen) atoms. The molecule has 0 bridgehead atoms. The molecule has 1 aromatic rings. The zero-order chi connectivity index (χ0) is 20.5. The lowest BCUT2D eigenvalue weighted by molar-refractivity contribution is -0.107. The third-order valence-electron chi connectivity index (χ3n) is 4.70. The van der Waals surface area contributed by atoms with E-state index in [-0.39, 0.29) is 11.7 Å². The second kappa shape index (κ2) is 10.7. The quantitative estimate of drug-likeness (QED) is 0.685. The molecule has 0 saturated carbocycles. The number of hydrogen-bond donors (Lipinski definition) is 2. The lowest BCUT2D eigenvalue weighted by atomic mass is 9.90. The van der Waals surface area contributed by atoms with Gasteiger partial charge in [-0.15, -0.1) is 0 Å². The van der Waals surface area contributed by atoms with Crippen molar-refractivity contribution in [1.82, 2.24) is 0 Å². The van der Waals surface area contributed by atoms with Crippen molar-refractivity contribution in [3.8, 4) is 5.75 Å². The Morgan fingerprint density at radius 2 is 1.62 bits per heavy atom. The van der Waals surface area contributed by atoms with E-state index in [0.717, 1.165) is 29.7 Å². The van der Waals surface area contributed by atoms with Crippen LogP contribution in [0.3, 0.4) is 0 Å². The Labute approximate surface area is 158 Å². The van der Waals surface area contributed by atoms with Gasteiger partial charge in [0.15, 0.2) is 5.78 Å². The first-order valence-electron chi connectivity index (χ1n) is 9.08. The number of hydrogen-bond acceptors (Lipinski definition) is 5. The molecule has 0 aliphatic carbocycles. The summed E-state index contributed by atoms with van der Waals surface area (Å²) in [4.78, 5) is 12.5. The molecule has 1 rings (SSSR count). The van der Waals surface area contributed by atoms with Crippen molar-refractivity contribution in [1.29, 1.82) is 0 Å². The second-order valence-electron chi connectivity index (χ2n) is 7.38. The van der Waals surface area contributed by atoms with E-state index in [1.165, 1.54) is 0 Å². The molecule has 0 fully saturated rings. The standard InChI is InChI=1S/C15H22O3.C6H14O2/c1-5-11(10-17-3)15(16)13-8-7-9-14(18-4)12(13)6-2;1-5(2,7)6(3,4)8/h7-9,11H,5-6,10H2,1-4H3;7-8H,1-4H3. The highest BCUT2D eigenvalue weighted by molar-refractivity contribution is 5.99. The summed E-state index contributed by atoms with van der Waals surface area (Å²) in [5.74, 6) is 0.859. The molecule has 0 aliphatic rings. The number of methoxy groups -OCH3 is 2. The molecule has 5 nitrogen and oxygen atoms in total. The first-order chi connectivity index (χ1) is 11.9. The van der Waals surface area contributed by atoms with Gasteiger partial charge in [-0.05, 0) is 46.6 Å². The summed E-state index contributed by atoms with van der Waals surface area (Å²) in [6, 6.07) is 5.64. The van der Waals surface area contributed by atoms with Crippen molar-refractivity contribution in [3.63, 3.8) is 0 Å². The maximum atomic E-state index is 12.5. The average molecular weight is 369 g/mol. The lowest BCUT2D eigenvalue weighted by Crippen LogP contribution is -2.44. The van der Waals surface area contributed by atoms with E-state index in [4.69, 9.17) is 19.7 Å². The van der Waals surface area contributed by atoms with Gasteiger partial charge in [-0.1, -0.05) is 26.0 Å². The van der Waals surface area contributed by atoms with Crippen LogP contribution >= 0.6 is 0 Å². The van der Waals surface area contributed by atoms with E-state index in [9.17, 15) is 4.79 Å². The Hall–Kier alpha value is -1.43. The summed E-state index contributed by atoms with van der Waals surface area (Å²) in [5.41, 5.74) is -0.264. The summed E-state index contributed by atoms with van der Waals surface area (Å²) in [5, 5.41) is 18.2. The fourth-order valence-corrected chi connectivity index (χ4v) is 2.15. The predicted molar refractivity (Wildman–Crippen MR) is 105 cm³/mol. The molecule has 0 aromatic heterocycles. The van der Waals surface area contributed by atoms with Crippen LogP contribution in [0.15, 0.2) is 18.2 Å². The zero-order valence-electron chi connectivity index (χ0n) is 17.5. The van der Waals surface area contributed by atoms with Gasteiger partial charge in [0, 0.05) is 24.2 Å². The minimum absolute atomic E-state index is 0.0765. The van der Waals surface area contributed by atoms with Crippen molar-refractivity contribution in [2.45, 2.75) is 65.6 Å². The van der Waals surface area contributed by atoms with Crippen molar-refractivity contribution in [2.75, 3.05) is 20.8 Å². The van der Waals surface area contributed by atoms with Gasteiger partial charge in [-0.2, -0.15) is 0 Å². The first-order valence-corrected chi connectivity index (χ1v) is 9.08. The summed E-state index contributed by atoms with van der Waals surface area (Å²) >= 11 is 0. The summed E-state index contributed by atoms with van der Waals surface area (Å²) in [7, 11) is 3.26. The third-order valence-corrected chi connectivity index (χ3v) is 4.70. The van der Waals surface area contributed by atoms with Gasteiger partial charge >= 0.3 is 0 Å². The molecule has 5 heteroatoms. The van der Waals surface area contributed by atoms with E-state index in [1.807, 2.05) is 32.0 Å². The Morgan fingerprint density at radius 3 is 1.96 bits per heavy atom. The Kier molecular flexibility index (Phi) is 10.1. The van der Waals surface area contributed by atoms with Gasteiger partial charge in [-0.25, -0.2) is 0 Å². The van der Waals surface area contributed by atoms with Crippen LogP contribution in [-0.4, -0.2) is 48.0 Å². The van der Waals surface area contributed by atoms with Crippen molar-refractivity contribution < 1.29 is 24.5 Å². The molecule has 0 heterocycles. The molecule has 0 spiro atoms. The van der Waals surface area contributed by atoms with Gasteiger partial charge in [0.1, 0.15) is 5.75 Å². The monoisotopic (exact) mass is 368 g/mol. The van der Waals surface area contributed by atoms with E-state index in [2.05, 4.69) is 0 Å². The number of ether oxygens (including phenoxy) is 2. The predicted octanol–water partition coefficient (Wildman–Crippen LogP) is 3.64. The van der Waals surface area contributed by atoms with E-state index >= 15 is 0 Å². The van der Waals surface area contributed by atoms with Crippen LogP contribution in [-0.2, 0) is 11.2 Å².